The number of thiol groups is 3. The normalized spacial score (nSPS) is 21.8. The molecule has 0 aliphatic carbocycles. The van der Waals surface area contributed by atoms with Crippen LogP contribution in [0.2, 0.25) is 0 Å². The summed E-state index contributed by atoms with van der Waals surface area (Å²) in [6.45, 7) is 0. The highest BCUT2D eigenvalue weighted by atomic mass is 32.2. The minimum absolute atomic E-state index is 0.0833. The predicted molar refractivity (Wildman–Crippen MR) is 67.7 cm³/mol. The minimum atomic E-state index is -0.184. The Morgan fingerprint density at radius 2 is 1.92 bits per heavy atom. The second-order valence-electron chi connectivity index (χ2n) is 3.20. The molecule has 0 radical (unpaired) electrons. The van der Waals surface area contributed by atoms with Gasteiger partial charge in [-0.25, -0.2) is 0 Å². The number of hydrogen-bond donors (Lipinski definition) is 3. The summed E-state index contributed by atoms with van der Waals surface area (Å²) in [5.74, 6) is 2.14. The topological polar surface area (TPSA) is 20.3 Å². The van der Waals surface area contributed by atoms with Gasteiger partial charge in [0.05, 0.1) is 5.54 Å². The Morgan fingerprint density at radius 1 is 1.38 bits per heavy atom. The zero-order valence-electron chi connectivity index (χ0n) is 7.14. The van der Waals surface area contributed by atoms with Gasteiger partial charge >= 0.3 is 0 Å². The molecule has 1 fully saturated rings. The highest BCUT2D eigenvalue weighted by Gasteiger charge is 2.37. The lowest BCUT2D eigenvalue weighted by molar-refractivity contribution is -0.112. The van der Waals surface area contributed by atoms with Gasteiger partial charge in [-0.3, -0.25) is 4.79 Å². The lowest BCUT2D eigenvalue weighted by atomic mass is 9.90. The summed E-state index contributed by atoms with van der Waals surface area (Å²) < 4.78 is 1.58. The average molecular weight is 255 g/mol. The van der Waals surface area contributed by atoms with Crippen molar-refractivity contribution in [1.82, 2.24) is 3.71 Å². The SMILES string of the molecule is O=C(S)CC1(N(S)S)CCSCC1. The molecule has 13 heavy (non-hydrogen) atoms. The van der Waals surface area contributed by atoms with E-state index in [1.165, 1.54) is 0 Å². The first-order valence-corrected chi connectivity index (χ1v) is 6.44. The molecule has 6 heteroatoms. The Balaban J connectivity index is 2.67. The maximum Gasteiger partial charge on any atom is 0.187 e. The van der Waals surface area contributed by atoms with Crippen molar-refractivity contribution in [2.24, 2.45) is 0 Å². The summed E-state index contributed by atoms with van der Waals surface area (Å²) in [6, 6.07) is 0. The molecule has 0 amide bonds. The van der Waals surface area contributed by atoms with Crippen molar-refractivity contribution in [2.75, 3.05) is 11.5 Å². The number of rotatable bonds is 3. The Bertz CT molecular complexity index is 191. The second kappa shape index (κ2) is 5.21. The molecule has 0 spiro atoms. The van der Waals surface area contributed by atoms with E-state index in [2.05, 4.69) is 38.3 Å². The number of thioether (sulfide) groups is 1. The van der Waals surface area contributed by atoms with Gasteiger partial charge in [-0.05, 0) is 24.3 Å². The molecule has 1 heterocycles. The molecule has 1 aliphatic rings. The Labute approximate surface area is 99.7 Å². The van der Waals surface area contributed by atoms with Crippen LogP contribution in [-0.2, 0) is 4.79 Å². The van der Waals surface area contributed by atoms with E-state index in [-0.39, 0.29) is 10.7 Å². The van der Waals surface area contributed by atoms with Crippen LogP contribution in [0.15, 0.2) is 0 Å². The first kappa shape index (κ1) is 12.1. The van der Waals surface area contributed by atoms with Gasteiger partial charge in [0.1, 0.15) is 0 Å². The summed E-state index contributed by atoms with van der Waals surface area (Å²) in [5.41, 5.74) is -0.184. The largest absolute Gasteiger partial charge is 0.287 e. The van der Waals surface area contributed by atoms with Gasteiger partial charge in [0.15, 0.2) is 5.12 Å². The van der Waals surface area contributed by atoms with Gasteiger partial charge < -0.3 is 0 Å². The van der Waals surface area contributed by atoms with Gasteiger partial charge in [0.25, 0.3) is 0 Å². The number of carbonyl (C=O) groups is 1. The average Bonchev–Trinajstić information content (AvgIpc) is 2.04. The van der Waals surface area contributed by atoms with E-state index in [1.54, 1.807) is 3.71 Å². The monoisotopic (exact) mass is 255 g/mol. The smallest absolute Gasteiger partial charge is 0.187 e. The second-order valence-corrected chi connectivity index (χ2v) is 6.04. The van der Waals surface area contributed by atoms with Gasteiger partial charge in [0.2, 0.25) is 0 Å². The maximum absolute atomic E-state index is 11.0. The van der Waals surface area contributed by atoms with Gasteiger partial charge in [-0.15, -0.1) is 12.6 Å². The third-order valence-electron chi connectivity index (χ3n) is 2.33. The molecular formula is C7H13NOS4. The molecule has 0 aromatic heterocycles. The fraction of sp³-hybridized carbons (Fsp3) is 0.857. The summed E-state index contributed by atoms with van der Waals surface area (Å²) in [4.78, 5) is 11.0. The third kappa shape index (κ3) is 3.27. The van der Waals surface area contributed by atoms with E-state index in [4.69, 9.17) is 0 Å². The van der Waals surface area contributed by atoms with Crippen molar-refractivity contribution in [3.05, 3.63) is 0 Å². The van der Waals surface area contributed by atoms with E-state index in [9.17, 15) is 4.79 Å². The van der Waals surface area contributed by atoms with Crippen LogP contribution in [0, 0.1) is 0 Å². The molecule has 0 saturated carbocycles. The summed E-state index contributed by atoms with van der Waals surface area (Å²) in [5, 5.41) is -0.0833. The molecule has 76 valence electrons. The third-order valence-corrected chi connectivity index (χ3v) is 4.32. The van der Waals surface area contributed by atoms with Crippen molar-refractivity contribution in [1.29, 1.82) is 0 Å². The summed E-state index contributed by atoms with van der Waals surface area (Å²) in [7, 11) is 0. The van der Waals surface area contributed by atoms with E-state index in [0.717, 1.165) is 24.3 Å². The van der Waals surface area contributed by atoms with Crippen molar-refractivity contribution in [3.8, 4) is 0 Å². The minimum Gasteiger partial charge on any atom is -0.287 e. The van der Waals surface area contributed by atoms with Crippen molar-refractivity contribution >= 4 is 55.1 Å². The van der Waals surface area contributed by atoms with Crippen molar-refractivity contribution < 1.29 is 4.79 Å². The van der Waals surface area contributed by atoms with Crippen LogP contribution in [0.25, 0.3) is 0 Å². The summed E-state index contributed by atoms with van der Waals surface area (Å²) in [6.07, 6.45) is 2.34. The molecule has 2 nitrogen and oxygen atoms in total. The fourth-order valence-electron chi connectivity index (χ4n) is 1.48. The Hall–Kier alpha value is 1.03. The van der Waals surface area contributed by atoms with Crippen molar-refractivity contribution in [3.63, 3.8) is 0 Å². The van der Waals surface area contributed by atoms with E-state index in [0.29, 0.717) is 6.42 Å². The standard InChI is InChI=1S/C7H13NOS4/c9-6(10)5-7(8(11)12)1-3-13-4-2-7/h11-12H,1-5H2,(H,9,10). The van der Waals surface area contributed by atoms with Gasteiger partial charge in [-0.1, -0.05) is 25.6 Å². The molecule has 0 unspecified atom stereocenters. The van der Waals surface area contributed by atoms with Gasteiger partial charge in [-0.2, -0.15) is 15.5 Å². The quantitative estimate of drug-likeness (QED) is 0.672. The highest BCUT2D eigenvalue weighted by Crippen LogP contribution is 2.37. The molecule has 0 aromatic rings. The molecule has 0 bridgehead atoms. The number of nitrogens with zero attached hydrogens (tertiary/aromatic N) is 1. The highest BCUT2D eigenvalue weighted by molar-refractivity contribution is 7.99. The van der Waals surface area contributed by atoms with Gasteiger partial charge in [0, 0.05) is 6.42 Å². The van der Waals surface area contributed by atoms with Crippen LogP contribution in [0.3, 0.4) is 0 Å². The Morgan fingerprint density at radius 3 is 2.31 bits per heavy atom. The molecule has 0 atom stereocenters. The number of carbonyl (C=O) groups excluding carboxylic acids is 1. The molecule has 1 saturated heterocycles. The van der Waals surface area contributed by atoms with E-state index in [1.807, 2.05) is 11.8 Å². The fourth-order valence-corrected chi connectivity index (χ4v) is 3.57. The molecular weight excluding hydrogens is 242 g/mol. The molecule has 0 N–H and O–H groups in total. The van der Waals surface area contributed by atoms with Crippen LogP contribution in [0.4, 0.5) is 0 Å². The number of hydrogen-bond acceptors (Lipinski definition) is 5. The van der Waals surface area contributed by atoms with Crippen LogP contribution in [0.5, 0.6) is 0 Å². The van der Waals surface area contributed by atoms with Crippen LogP contribution < -0.4 is 0 Å². The Kier molecular flexibility index (Phi) is 4.85. The lowest BCUT2D eigenvalue weighted by Crippen LogP contribution is -2.43. The first-order chi connectivity index (χ1) is 6.07. The van der Waals surface area contributed by atoms with Crippen LogP contribution >= 0.6 is 50.0 Å². The molecule has 1 aliphatic heterocycles. The molecule has 0 aromatic carbocycles. The lowest BCUT2D eigenvalue weighted by Gasteiger charge is -2.39. The molecule has 1 rings (SSSR count). The zero-order valence-corrected chi connectivity index (χ0v) is 10.6. The van der Waals surface area contributed by atoms with E-state index < -0.39 is 0 Å². The first-order valence-electron chi connectivity index (χ1n) is 4.04. The van der Waals surface area contributed by atoms with Crippen LogP contribution in [0.1, 0.15) is 19.3 Å². The summed E-state index contributed by atoms with van der Waals surface area (Å²) >= 11 is 14.1. The van der Waals surface area contributed by atoms with Crippen LogP contribution in [-0.4, -0.2) is 25.9 Å². The van der Waals surface area contributed by atoms with Crippen molar-refractivity contribution in [2.45, 2.75) is 24.8 Å². The predicted octanol–water partition coefficient (Wildman–Crippen LogP) is 2.09. The maximum atomic E-state index is 11.0. The zero-order chi connectivity index (χ0) is 9.90. The van der Waals surface area contributed by atoms with E-state index >= 15 is 0 Å².